The van der Waals surface area contributed by atoms with Gasteiger partial charge in [-0.05, 0) is 29.8 Å². The third-order valence-corrected chi connectivity index (χ3v) is 3.93. The number of rotatable bonds is 1. The van der Waals surface area contributed by atoms with E-state index in [0.29, 0.717) is 6.04 Å². The molecule has 3 heteroatoms. The molecule has 1 heterocycles. The Kier molecular flexibility index (Phi) is 2.77. The van der Waals surface area contributed by atoms with Gasteiger partial charge in [0, 0.05) is 11.4 Å². The maximum Gasteiger partial charge on any atom is 0.161 e. The van der Waals surface area contributed by atoms with E-state index in [1.54, 1.807) is 11.8 Å². The second-order valence-electron chi connectivity index (χ2n) is 4.28. The predicted molar refractivity (Wildman–Crippen MR) is 76.9 cm³/mol. The fourth-order valence-corrected chi connectivity index (χ4v) is 2.85. The molecule has 86 valence electrons. The molecule has 0 amide bonds. The molecule has 1 N–H and O–H groups in total. The van der Waals surface area contributed by atoms with Crippen molar-refractivity contribution in [3.8, 4) is 0 Å². The second-order valence-corrected chi connectivity index (χ2v) is 5.29. The summed E-state index contributed by atoms with van der Waals surface area (Å²) in [7, 11) is 0. The Bertz CT molecular complexity index is 577. The summed E-state index contributed by atoms with van der Waals surface area (Å²) in [6, 6.07) is 15.2. The van der Waals surface area contributed by atoms with Crippen LogP contribution in [0.25, 0.3) is 10.8 Å². The third kappa shape index (κ3) is 2.29. The van der Waals surface area contributed by atoms with Crippen molar-refractivity contribution in [2.24, 2.45) is 4.99 Å². The number of nitrogens with zero attached hydrogens (tertiary/aromatic N) is 1. The zero-order valence-corrected chi connectivity index (χ0v) is 10.5. The third-order valence-electron chi connectivity index (χ3n) is 2.80. The summed E-state index contributed by atoms with van der Waals surface area (Å²) in [6.45, 7) is 2.14. The van der Waals surface area contributed by atoms with Gasteiger partial charge in [-0.1, -0.05) is 42.1 Å². The summed E-state index contributed by atoms with van der Waals surface area (Å²) in [5.74, 6) is 1.08. The molecule has 0 saturated heterocycles. The highest BCUT2D eigenvalue weighted by Gasteiger charge is 2.13. The highest BCUT2D eigenvalue weighted by Crippen LogP contribution is 2.23. The number of fused-ring (bicyclic) bond motifs is 1. The molecule has 2 aromatic carbocycles. The summed E-state index contributed by atoms with van der Waals surface area (Å²) in [5, 5.41) is 6.94. The molecule has 0 bridgehead atoms. The van der Waals surface area contributed by atoms with Crippen LogP contribution in [0.3, 0.4) is 0 Å². The van der Waals surface area contributed by atoms with Gasteiger partial charge in [-0.15, -0.1) is 0 Å². The van der Waals surface area contributed by atoms with Gasteiger partial charge in [0.05, 0.1) is 6.04 Å². The Morgan fingerprint density at radius 3 is 2.76 bits per heavy atom. The normalized spacial score (nSPS) is 19.4. The minimum atomic E-state index is 0.433. The topological polar surface area (TPSA) is 24.4 Å². The van der Waals surface area contributed by atoms with E-state index in [9.17, 15) is 0 Å². The number of anilines is 1. The Balaban J connectivity index is 1.88. The average molecular weight is 242 g/mol. The molecule has 0 fully saturated rings. The second kappa shape index (κ2) is 4.41. The molecule has 0 saturated carbocycles. The number of amidine groups is 1. The monoisotopic (exact) mass is 242 g/mol. The molecule has 0 aliphatic carbocycles. The maximum absolute atomic E-state index is 4.53. The lowest BCUT2D eigenvalue weighted by Crippen LogP contribution is -2.04. The van der Waals surface area contributed by atoms with Gasteiger partial charge in [-0.2, -0.15) is 0 Å². The van der Waals surface area contributed by atoms with Crippen LogP contribution in [-0.4, -0.2) is 17.0 Å². The molecular weight excluding hydrogens is 228 g/mol. The van der Waals surface area contributed by atoms with Crippen molar-refractivity contribution in [3.05, 3.63) is 42.5 Å². The highest BCUT2D eigenvalue weighted by atomic mass is 32.2. The van der Waals surface area contributed by atoms with Crippen molar-refractivity contribution in [1.82, 2.24) is 0 Å². The molecule has 1 aliphatic heterocycles. The fourth-order valence-electron chi connectivity index (χ4n) is 1.93. The maximum atomic E-state index is 4.53. The molecule has 1 aliphatic rings. The van der Waals surface area contributed by atoms with E-state index < -0.39 is 0 Å². The highest BCUT2D eigenvalue weighted by molar-refractivity contribution is 8.14. The number of nitrogens with one attached hydrogen (secondary N) is 1. The number of thioether (sulfide) groups is 1. The van der Waals surface area contributed by atoms with Gasteiger partial charge in [0.2, 0.25) is 0 Å². The number of benzene rings is 2. The molecule has 0 spiro atoms. The quantitative estimate of drug-likeness (QED) is 0.823. The van der Waals surface area contributed by atoms with Crippen molar-refractivity contribution >= 4 is 33.4 Å². The molecule has 3 rings (SSSR count). The van der Waals surface area contributed by atoms with Crippen LogP contribution in [0.5, 0.6) is 0 Å². The summed E-state index contributed by atoms with van der Waals surface area (Å²) in [6.07, 6.45) is 0. The Morgan fingerprint density at radius 1 is 1.18 bits per heavy atom. The van der Waals surface area contributed by atoms with Gasteiger partial charge in [0.25, 0.3) is 0 Å². The van der Waals surface area contributed by atoms with Gasteiger partial charge in [-0.3, -0.25) is 4.99 Å². The Hall–Kier alpha value is -1.48. The first kappa shape index (κ1) is 10.7. The summed E-state index contributed by atoms with van der Waals surface area (Å²) >= 11 is 1.79. The summed E-state index contributed by atoms with van der Waals surface area (Å²) in [5.41, 5.74) is 1.11. The van der Waals surface area contributed by atoms with Crippen LogP contribution in [0, 0.1) is 0 Å². The zero-order chi connectivity index (χ0) is 11.7. The van der Waals surface area contributed by atoms with Crippen LogP contribution < -0.4 is 5.32 Å². The van der Waals surface area contributed by atoms with Crippen LogP contribution >= 0.6 is 11.8 Å². The van der Waals surface area contributed by atoms with Crippen molar-refractivity contribution in [1.29, 1.82) is 0 Å². The fraction of sp³-hybridized carbons (Fsp3) is 0.214. The van der Waals surface area contributed by atoms with Crippen LogP contribution in [0.1, 0.15) is 6.92 Å². The lowest BCUT2D eigenvalue weighted by Gasteiger charge is -2.06. The van der Waals surface area contributed by atoms with Crippen molar-refractivity contribution in [2.75, 3.05) is 11.1 Å². The first-order valence-corrected chi connectivity index (χ1v) is 6.76. The van der Waals surface area contributed by atoms with Gasteiger partial charge < -0.3 is 5.32 Å². The van der Waals surface area contributed by atoms with Gasteiger partial charge >= 0.3 is 0 Å². The lowest BCUT2D eigenvalue weighted by molar-refractivity contribution is 0.865. The molecule has 0 radical (unpaired) electrons. The van der Waals surface area contributed by atoms with Gasteiger partial charge in [-0.25, -0.2) is 0 Å². The zero-order valence-electron chi connectivity index (χ0n) is 9.68. The van der Waals surface area contributed by atoms with E-state index in [1.807, 2.05) is 0 Å². The molecule has 2 nitrogen and oxygen atoms in total. The van der Waals surface area contributed by atoms with E-state index in [-0.39, 0.29) is 0 Å². The standard InChI is InChI=1S/C14H14N2S/c1-10-9-17-14(15-10)16-13-7-6-11-4-2-3-5-12(11)8-13/h2-8,10H,9H2,1H3,(H,15,16). The molecule has 17 heavy (non-hydrogen) atoms. The first-order chi connectivity index (χ1) is 8.31. The van der Waals surface area contributed by atoms with Crippen molar-refractivity contribution in [2.45, 2.75) is 13.0 Å². The lowest BCUT2D eigenvalue weighted by atomic mass is 10.1. The Morgan fingerprint density at radius 2 is 2.00 bits per heavy atom. The van der Waals surface area contributed by atoms with Gasteiger partial charge in [0.1, 0.15) is 0 Å². The first-order valence-electron chi connectivity index (χ1n) is 5.78. The van der Waals surface area contributed by atoms with Crippen LogP contribution in [0.4, 0.5) is 5.69 Å². The van der Waals surface area contributed by atoms with E-state index in [0.717, 1.165) is 16.6 Å². The molecule has 1 unspecified atom stereocenters. The largest absolute Gasteiger partial charge is 0.335 e. The van der Waals surface area contributed by atoms with Crippen LogP contribution in [0.2, 0.25) is 0 Å². The van der Waals surface area contributed by atoms with E-state index >= 15 is 0 Å². The van der Waals surface area contributed by atoms with Crippen LogP contribution in [0.15, 0.2) is 47.5 Å². The molecule has 2 aromatic rings. The summed E-state index contributed by atoms with van der Waals surface area (Å²) in [4.78, 5) is 4.53. The minimum absolute atomic E-state index is 0.433. The van der Waals surface area contributed by atoms with Crippen LogP contribution in [-0.2, 0) is 0 Å². The SMILES string of the molecule is CC1CSC(Nc2ccc3ccccc3c2)=N1. The number of hydrogen-bond donors (Lipinski definition) is 1. The van der Waals surface area contributed by atoms with E-state index in [2.05, 4.69) is 59.7 Å². The molecular formula is C14H14N2S. The van der Waals surface area contributed by atoms with Crippen molar-refractivity contribution < 1.29 is 0 Å². The predicted octanol–water partition coefficient (Wildman–Crippen LogP) is 3.74. The van der Waals surface area contributed by atoms with Gasteiger partial charge in [0.15, 0.2) is 5.17 Å². The van der Waals surface area contributed by atoms with E-state index in [4.69, 9.17) is 0 Å². The van der Waals surface area contributed by atoms with Crippen molar-refractivity contribution in [3.63, 3.8) is 0 Å². The van der Waals surface area contributed by atoms with E-state index in [1.165, 1.54) is 10.8 Å². The smallest absolute Gasteiger partial charge is 0.161 e. The molecule has 0 aromatic heterocycles. The number of aliphatic imine (C=N–C) groups is 1. The number of hydrogen-bond acceptors (Lipinski definition) is 3. The Labute approximate surface area is 105 Å². The minimum Gasteiger partial charge on any atom is -0.335 e. The molecule has 1 atom stereocenters. The average Bonchev–Trinajstić information content (AvgIpc) is 2.75. The summed E-state index contributed by atoms with van der Waals surface area (Å²) < 4.78 is 0.